The lowest BCUT2D eigenvalue weighted by Crippen LogP contribution is -1.91. The maximum atomic E-state index is 6.64. The highest BCUT2D eigenvalue weighted by atomic mass is 16.3. The highest BCUT2D eigenvalue weighted by Gasteiger charge is 2.24. The van der Waals surface area contributed by atoms with Crippen LogP contribution in [0.15, 0.2) is 406 Å². The average Bonchev–Trinajstić information content (AvgIpc) is 0.777. The predicted molar refractivity (Wildman–Crippen MR) is 471 cm³/mol. The summed E-state index contributed by atoms with van der Waals surface area (Å²) in [6, 6.07) is 140. The molecule has 0 saturated carbocycles. The van der Waals surface area contributed by atoms with Gasteiger partial charge in [0.1, 0.15) is 44.7 Å². The molecule has 0 fully saturated rings. The number of benzene rings is 20. The molecule has 4 aromatic heterocycles. The molecule has 0 radical (unpaired) electrons. The van der Waals surface area contributed by atoms with Crippen molar-refractivity contribution in [3.8, 4) is 89.0 Å². The number of furan rings is 4. The zero-order chi connectivity index (χ0) is 73.5. The summed E-state index contributed by atoms with van der Waals surface area (Å²) >= 11 is 0. The fraction of sp³-hybridized carbons (Fsp3) is 0. The maximum absolute atomic E-state index is 6.64. The monoisotopic (exact) mass is 1420 g/mol. The largest absolute Gasteiger partial charge is 0.456 e. The lowest BCUT2D eigenvalue weighted by atomic mass is 9.85. The van der Waals surface area contributed by atoms with Crippen LogP contribution < -0.4 is 0 Å². The van der Waals surface area contributed by atoms with Gasteiger partial charge in [0.05, 0.1) is 0 Å². The van der Waals surface area contributed by atoms with Gasteiger partial charge in [-0.1, -0.05) is 303 Å². The molecule has 0 aliphatic carbocycles. The van der Waals surface area contributed by atoms with Crippen molar-refractivity contribution in [2.24, 2.45) is 0 Å². The molecule has 0 N–H and O–H groups in total. The molecule has 0 bridgehead atoms. The van der Waals surface area contributed by atoms with E-state index in [1.165, 1.54) is 120 Å². The minimum atomic E-state index is 0.894. The standard InChI is InChI=1S/2C54H32O2/c1-2-12-33(13-3-1)35-28-26-34-27-29-36(31-37(34)30-35)52-42-18-8-16-38(44-20-10-22-46-40-14-4-6-24-50(40)55-53(44)46)48(42)32-49-39(17-9-19-43(49)52)45-21-11-23-47-41-15-5-7-25-51(41)56-54(45)47;1-2-10-33(11-3-1)35-22-20-34-21-23-38(29-39(34)28-35)54-46-16-8-14-40(36-24-26-44-42-12-4-6-18-50(42)55-52(44)30-36)48(46)32-49-41(15-9-17-47(49)54)37-25-27-45-43-13-5-7-19-51(43)56-53(45)31-37/h2*1-32H. The Balaban J connectivity index is 0.000000134. The number of rotatable bonds is 8. The Bertz CT molecular complexity index is 7660. The molecule has 4 heteroatoms. The maximum Gasteiger partial charge on any atom is 0.143 e. The highest BCUT2D eigenvalue weighted by molar-refractivity contribution is 6.24. The Morgan fingerprint density at radius 1 is 0.125 bits per heavy atom. The van der Waals surface area contributed by atoms with E-state index in [0.717, 1.165) is 121 Å². The minimum absolute atomic E-state index is 0.894. The predicted octanol–water partition coefficient (Wildman–Crippen LogP) is 31.2. The van der Waals surface area contributed by atoms with Crippen molar-refractivity contribution in [1.29, 1.82) is 0 Å². The van der Waals surface area contributed by atoms with Crippen LogP contribution in [0.4, 0.5) is 0 Å². The first kappa shape index (κ1) is 63.3. The first-order chi connectivity index (χ1) is 55.5. The summed E-state index contributed by atoms with van der Waals surface area (Å²) in [5.41, 5.74) is 25.9. The van der Waals surface area contributed by atoms with Crippen LogP contribution in [0.1, 0.15) is 0 Å². The molecule has 0 aliphatic heterocycles. The number of hydrogen-bond donors (Lipinski definition) is 0. The molecule has 20 aromatic carbocycles. The lowest BCUT2D eigenvalue weighted by molar-refractivity contribution is 0.668. The topological polar surface area (TPSA) is 52.6 Å². The van der Waals surface area contributed by atoms with Gasteiger partial charge >= 0.3 is 0 Å². The molecule has 0 unspecified atom stereocenters. The van der Waals surface area contributed by atoms with E-state index in [1.54, 1.807) is 0 Å². The molecule has 4 heterocycles. The summed E-state index contributed by atoms with van der Waals surface area (Å²) in [6.07, 6.45) is 0. The van der Waals surface area contributed by atoms with E-state index in [0.29, 0.717) is 0 Å². The number of fused-ring (bicyclic) bond motifs is 18. The lowest BCUT2D eigenvalue weighted by Gasteiger charge is -2.18. The van der Waals surface area contributed by atoms with E-state index < -0.39 is 0 Å². The van der Waals surface area contributed by atoms with Crippen LogP contribution in [0.25, 0.3) is 241 Å². The fourth-order valence-corrected chi connectivity index (χ4v) is 18.1. The second-order valence-corrected chi connectivity index (χ2v) is 29.6. The van der Waals surface area contributed by atoms with Gasteiger partial charge < -0.3 is 17.7 Å². The van der Waals surface area contributed by atoms with E-state index in [-0.39, 0.29) is 0 Å². The summed E-state index contributed by atoms with van der Waals surface area (Å²) in [5.74, 6) is 0. The van der Waals surface area contributed by atoms with E-state index in [4.69, 9.17) is 17.7 Å². The van der Waals surface area contributed by atoms with Crippen molar-refractivity contribution >= 4 is 152 Å². The summed E-state index contributed by atoms with van der Waals surface area (Å²) < 4.78 is 26.1. The average molecular weight is 1430 g/mol. The van der Waals surface area contributed by atoms with Crippen molar-refractivity contribution < 1.29 is 17.7 Å². The molecule has 24 aromatic rings. The second-order valence-electron chi connectivity index (χ2n) is 29.6. The van der Waals surface area contributed by atoms with Crippen molar-refractivity contribution in [2.75, 3.05) is 0 Å². The van der Waals surface area contributed by atoms with E-state index in [1.807, 2.05) is 36.4 Å². The van der Waals surface area contributed by atoms with Gasteiger partial charge in [0.15, 0.2) is 0 Å². The quantitative estimate of drug-likeness (QED) is 0.142. The van der Waals surface area contributed by atoms with Gasteiger partial charge in [-0.05, 0) is 227 Å². The minimum Gasteiger partial charge on any atom is -0.456 e. The third-order valence-corrected chi connectivity index (χ3v) is 23.3. The third kappa shape index (κ3) is 10.2. The Morgan fingerprint density at radius 2 is 0.411 bits per heavy atom. The van der Waals surface area contributed by atoms with Crippen molar-refractivity contribution in [3.63, 3.8) is 0 Å². The Labute approximate surface area is 643 Å². The highest BCUT2D eigenvalue weighted by Crippen LogP contribution is 2.50. The van der Waals surface area contributed by atoms with Crippen LogP contribution in [-0.4, -0.2) is 0 Å². The first-order valence-electron chi connectivity index (χ1n) is 38.3. The summed E-state index contributed by atoms with van der Waals surface area (Å²) in [6.45, 7) is 0. The second kappa shape index (κ2) is 25.4. The molecular weight excluding hydrogens is 1360 g/mol. The van der Waals surface area contributed by atoms with Gasteiger partial charge in [0, 0.05) is 54.2 Å². The van der Waals surface area contributed by atoms with Crippen LogP contribution >= 0.6 is 0 Å². The van der Waals surface area contributed by atoms with Crippen molar-refractivity contribution in [1.82, 2.24) is 0 Å². The third-order valence-electron chi connectivity index (χ3n) is 23.3. The van der Waals surface area contributed by atoms with Crippen molar-refractivity contribution in [2.45, 2.75) is 0 Å². The molecular formula is C108H64O4. The van der Waals surface area contributed by atoms with E-state index >= 15 is 0 Å². The van der Waals surface area contributed by atoms with Crippen LogP contribution in [0.3, 0.4) is 0 Å². The van der Waals surface area contributed by atoms with Gasteiger partial charge in [0.2, 0.25) is 0 Å². The van der Waals surface area contributed by atoms with Crippen molar-refractivity contribution in [3.05, 3.63) is 388 Å². The van der Waals surface area contributed by atoms with Crippen LogP contribution in [-0.2, 0) is 0 Å². The number of hydrogen-bond acceptors (Lipinski definition) is 4. The van der Waals surface area contributed by atoms with Crippen LogP contribution in [0.2, 0.25) is 0 Å². The Kier molecular flexibility index (Phi) is 14.3. The van der Waals surface area contributed by atoms with Gasteiger partial charge in [0.25, 0.3) is 0 Å². The smallest absolute Gasteiger partial charge is 0.143 e. The molecule has 0 spiro atoms. The molecule has 4 nitrogen and oxygen atoms in total. The Hall–Kier alpha value is -14.8. The summed E-state index contributed by atoms with van der Waals surface area (Å²) in [4.78, 5) is 0. The molecule has 520 valence electrons. The molecule has 0 aliphatic rings. The van der Waals surface area contributed by atoms with Gasteiger partial charge in [-0.15, -0.1) is 0 Å². The van der Waals surface area contributed by atoms with Gasteiger partial charge in [-0.2, -0.15) is 0 Å². The van der Waals surface area contributed by atoms with Crippen LogP contribution in [0.5, 0.6) is 0 Å². The Morgan fingerprint density at radius 3 is 0.812 bits per heavy atom. The van der Waals surface area contributed by atoms with Crippen LogP contribution in [0, 0.1) is 0 Å². The fourth-order valence-electron chi connectivity index (χ4n) is 18.1. The number of para-hydroxylation sites is 6. The molecule has 24 rings (SSSR count). The van der Waals surface area contributed by atoms with E-state index in [2.05, 4.69) is 352 Å². The van der Waals surface area contributed by atoms with E-state index in [9.17, 15) is 0 Å². The first-order valence-corrected chi connectivity index (χ1v) is 38.3. The zero-order valence-electron chi connectivity index (χ0n) is 60.6. The summed E-state index contributed by atoms with van der Waals surface area (Å²) in [5, 5.41) is 23.4. The zero-order valence-corrected chi connectivity index (χ0v) is 60.6. The summed E-state index contributed by atoms with van der Waals surface area (Å²) in [7, 11) is 0. The molecule has 0 amide bonds. The normalized spacial score (nSPS) is 11.9. The molecule has 112 heavy (non-hydrogen) atoms. The van der Waals surface area contributed by atoms with Gasteiger partial charge in [-0.25, -0.2) is 0 Å². The molecule has 0 saturated heterocycles. The molecule has 0 atom stereocenters. The van der Waals surface area contributed by atoms with Gasteiger partial charge in [-0.3, -0.25) is 0 Å². The SMILES string of the molecule is c1ccc(-c2ccc3ccc(-c4c5cccc(-c6ccc7c(c6)oc6ccccc67)c5cc5c(-c6ccc7c(c6)oc6ccccc67)cccc45)cc3c2)cc1.c1ccc(-c2ccc3ccc(-c4c5cccc(-c6cccc7c6oc6ccccc67)c5cc5c(-c6cccc7c6oc6ccccc67)cccc45)cc3c2)cc1.